The molecule has 0 atom stereocenters. The van der Waals surface area contributed by atoms with Gasteiger partial charge in [0, 0.05) is 24.3 Å². The molecule has 2 aromatic rings. The lowest BCUT2D eigenvalue weighted by molar-refractivity contribution is 0.484. The van der Waals surface area contributed by atoms with Crippen LogP contribution in [-0.4, -0.2) is 25.0 Å². The number of pyridine rings is 1. The van der Waals surface area contributed by atoms with Crippen molar-refractivity contribution in [2.24, 2.45) is 0 Å². The van der Waals surface area contributed by atoms with E-state index in [1.807, 2.05) is 0 Å². The van der Waals surface area contributed by atoms with Crippen molar-refractivity contribution in [2.75, 3.05) is 12.4 Å². The SMILES string of the molecule is CNc1ccc(S(=O)(=O)O)c2ncccc12. The number of hydrogen-bond acceptors (Lipinski definition) is 4. The molecule has 1 aromatic carbocycles. The van der Waals surface area contributed by atoms with Gasteiger partial charge in [0.15, 0.2) is 0 Å². The summed E-state index contributed by atoms with van der Waals surface area (Å²) in [5, 5.41) is 3.59. The molecule has 0 aliphatic rings. The van der Waals surface area contributed by atoms with Gasteiger partial charge >= 0.3 is 0 Å². The number of aromatic nitrogens is 1. The predicted molar refractivity (Wildman–Crippen MR) is 61.1 cm³/mol. The Labute approximate surface area is 92.9 Å². The second kappa shape index (κ2) is 3.73. The molecule has 0 saturated carbocycles. The van der Waals surface area contributed by atoms with Crippen molar-refractivity contribution in [1.82, 2.24) is 4.98 Å². The number of nitrogens with zero attached hydrogens (tertiary/aromatic N) is 1. The largest absolute Gasteiger partial charge is 0.388 e. The van der Waals surface area contributed by atoms with Crippen molar-refractivity contribution in [1.29, 1.82) is 0 Å². The van der Waals surface area contributed by atoms with Crippen LogP contribution in [0.5, 0.6) is 0 Å². The molecular weight excluding hydrogens is 228 g/mol. The molecule has 0 unspecified atom stereocenters. The first-order valence-electron chi connectivity index (χ1n) is 4.57. The Morgan fingerprint density at radius 2 is 2.06 bits per heavy atom. The number of hydrogen-bond donors (Lipinski definition) is 2. The summed E-state index contributed by atoms with van der Waals surface area (Å²) in [5.74, 6) is 0. The third-order valence-electron chi connectivity index (χ3n) is 2.28. The molecule has 0 amide bonds. The van der Waals surface area contributed by atoms with E-state index < -0.39 is 10.1 Å². The van der Waals surface area contributed by atoms with Crippen molar-refractivity contribution in [3.05, 3.63) is 30.5 Å². The van der Waals surface area contributed by atoms with Crippen molar-refractivity contribution in [2.45, 2.75) is 4.90 Å². The first-order chi connectivity index (χ1) is 7.54. The van der Waals surface area contributed by atoms with Crippen LogP contribution in [0, 0.1) is 0 Å². The zero-order valence-corrected chi connectivity index (χ0v) is 9.32. The smallest absolute Gasteiger partial charge is 0.296 e. The number of rotatable bonds is 2. The van der Waals surface area contributed by atoms with Gasteiger partial charge < -0.3 is 5.32 Å². The van der Waals surface area contributed by atoms with Crippen LogP contribution in [0.4, 0.5) is 5.69 Å². The molecule has 0 fully saturated rings. The number of anilines is 1. The van der Waals surface area contributed by atoms with Gasteiger partial charge in [0.1, 0.15) is 4.90 Å². The molecule has 0 aliphatic heterocycles. The van der Waals surface area contributed by atoms with Gasteiger partial charge in [-0.15, -0.1) is 0 Å². The molecule has 1 aromatic heterocycles. The third kappa shape index (κ3) is 1.72. The van der Waals surface area contributed by atoms with E-state index in [0.717, 1.165) is 5.69 Å². The van der Waals surface area contributed by atoms with E-state index in [2.05, 4.69) is 10.3 Å². The molecule has 6 heteroatoms. The summed E-state index contributed by atoms with van der Waals surface area (Å²) in [6.07, 6.45) is 1.48. The molecule has 0 spiro atoms. The molecule has 0 bridgehead atoms. The standard InChI is InChI=1S/C10H10N2O3S/c1-11-8-4-5-9(16(13,14)15)10-7(8)3-2-6-12-10/h2-6,11H,1H3,(H,13,14,15). The first-order valence-corrected chi connectivity index (χ1v) is 6.01. The molecule has 5 nitrogen and oxygen atoms in total. The number of benzene rings is 1. The van der Waals surface area contributed by atoms with E-state index in [0.29, 0.717) is 5.39 Å². The fourth-order valence-electron chi connectivity index (χ4n) is 1.57. The maximum absolute atomic E-state index is 11.1. The second-order valence-corrected chi connectivity index (χ2v) is 4.63. The zero-order valence-electron chi connectivity index (χ0n) is 8.51. The third-order valence-corrected chi connectivity index (χ3v) is 3.17. The quantitative estimate of drug-likeness (QED) is 0.775. The highest BCUT2D eigenvalue weighted by Crippen LogP contribution is 2.27. The molecular formula is C10H10N2O3S. The van der Waals surface area contributed by atoms with Crippen molar-refractivity contribution in [3.8, 4) is 0 Å². The van der Waals surface area contributed by atoms with Crippen LogP contribution in [0.25, 0.3) is 10.9 Å². The molecule has 0 radical (unpaired) electrons. The van der Waals surface area contributed by atoms with Crippen molar-refractivity contribution in [3.63, 3.8) is 0 Å². The van der Waals surface area contributed by atoms with Crippen LogP contribution in [0.3, 0.4) is 0 Å². The minimum atomic E-state index is -4.24. The molecule has 1 heterocycles. The van der Waals surface area contributed by atoms with Gasteiger partial charge in [-0.25, -0.2) is 0 Å². The van der Waals surface area contributed by atoms with E-state index in [-0.39, 0.29) is 10.4 Å². The van der Waals surface area contributed by atoms with Crippen LogP contribution >= 0.6 is 0 Å². The topological polar surface area (TPSA) is 79.3 Å². The highest BCUT2D eigenvalue weighted by atomic mass is 32.2. The zero-order chi connectivity index (χ0) is 11.8. The fourth-order valence-corrected chi connectivity index (χ4v) is 2.22. The summed E-state index contributed by atoms with van der Waals surface area (Å²) in [7, 11) is -2.51. The van der Waals surface area contributed by atoms with E-state index in [9.17, 15) is 8.42 Å². The lowest BCUT2D eigenvalue weighted by Gasteiger charge is -2.07. The molecule has 84 valence electrons. The van der Waals surface area contributed by atoms with Gasteiger partial charge in [0.25, 0.3) is 10.1 Å². The fraction of sp³-hybridized carbons (Fsp3) is 0.100. The van der Waals surface area contributed by atoms with Crippen molar-refractivity contribution >= 4 is 26.7 Å². The van der Waals surface area contributed by atoms with E-state index >= 15 is 0 Å². The molecule has 0 aliphatic carbocycles. The number of fused-ring (bicyclic) bond motifs is 1. The van der Waals surface area contributed by atoms with Gasteiger partial charge in [0.05, 0.1) is 5.52 Å². The van der Waals surface area contributed by atoms with Gasteiger partial charge in [-0.3, -0.25) is 9.54 Å². The minimum absolute atomic E-state index is 0.179. The highest BCUT2D eigenvalue weighted by Gasteiger charge is 2.16. The van der Waals surface area contributed by atoms with Crippen LogP contribution < -0.4 is 5.32 Å². The van der Waals surface area contributed by atoms with Gasteiger partial charge in [0.2, 0.25) is 0 Å². The Bertz CT molecular complexity index is 638. The molecule has 16 heavy (non-hydrogen) atoms. The molecule has 0 saturated heterocycles. The maximum atomic E-state index is 11.1. The summed E-state index contributed by atoms with van der Waals surface area (Å²) >= 11 is 0. The van der Waals surface area contributed by atoms with Crippen LogP contribution in [0.15, 0.2) is 35.4 Å². The van der Waals surface area contributed by atoms with Crippen LogP contribution in [-0.2, 0) is 10.1 Å². The van der Waals surface area contributed by atoms with Crippen LogP contribution in [0.1, 0.15) is 0 Å². The van der Waals surface area contributed by atoms with Gasteiger partial charge in [-0.05, 0) is 24.3 Å². The normalized spacial score (nSPS) is 11.6. The Morgan fingerprint density at radius 3 is 2.69 bits per heavy atom. The summed E-state index contributed by atoms with van der Waals surface area (Å²) in [4.78, 5) is 3.80. The van der Waals surface area contributed by atoms with Crippen LogP contribution in [0.2, 0.25) is 0 Å². The lowest BCUT2D eigenvalue weighted by Crippen LogP contribution is -2.01. The second-order valence-electron chi connectivity index (χ2n) is 3.24. The molecule has 2 N–H and O–H groups in total. The summed E-state index contributed by atoms with van der Waals surface area (Å²) in [6.45, 7) is 0. The minimum Gasteiger partial charge on any atom is -0.388 e. The predicted octanol–water partition coefficient (Wildman–Crippen LogP) is 1.52. The average Bonchev–Trinajstić information content (AvgIpc) is 2.26. The van der Waals surface area contributed by atoms with Gasteiger partial charge in [-0.2, -0.15) is 8.42 Å². The summed E-state index contributed by atoms with van der Waals surface area (Å²) in [5.41, 5.74) is 1.02. The van der Waals surface area contributed by atoms with E-state index in [1.54, 1.807) is 25.2 Å². The van der Waals surface area contributed by atoms with Gasteiger partial charge in [-0.1, -0.05) is 0 Å². The Balaban J connectivity index is 2.91. The Hall–Kier alpha value is -1.66. The number of nitrogens with one attached hydrogen (secondary N) is 1. The highest BCUT2D eigenvalue weighted by molar-refractivity contribution is 7.86. The molecule has 2 rings (SSSR count). The Morgan fingerprint density at radius 1 is 1.31 bits per heavy atom. The summed E-state index contributed by atoms with van der Waals surface area (Å²) < 4.78 is 31.3. The lowest BCUT2D eigenvalue weighted by atomic mass is 10.2. The van der Waals surface area contributed by atoms with E-state index in [1.165, 1.54) is 12.3 Å². The summed E-state index contributed by atoms with van der Waals surface area (Å²) in [6, 6.07) is 6.36. The van der Waals surface area contributed by atoms with Crippen molar-refractivity contribution < 1.29 is 13.0 Å². The van der Waals surface area contributed by atoms with E-state index in [4.69, 9.17) is 4.55 Å². The maximum Gasteiger partial charge on any atom is 0.296 e. The first kappa shape index (κ1) is 10.8. The monoisotopic (exact) mass is 238 g/mol. The Kier molecular flexibility index (Phi) is 2.53. The average molecular weight is 238 g/mol.